The molecule has 1 saturated heterocycles. The summed E-state index contributed by atoms with van der Waals surface area (Å²) in [5, 5.41) is 0. The largest absolute Gasteiger partial charge is 0.494 e. The summed E-state index contributed by atoms with van der Waals surface area (Å²) in [7, 11) is 0. The van der Waals surface area contributed by atoms with Crippen molar-refractivity contribution in [1.29, 1.82) is 0 Å². The highest BCUT2D eigenvalue weighted by atomic mass is 16.5. The summed E-state index contributed by atoms with van der Waals surface area (Å²) in [5.41, 5.74) is 2.22. The van der Waals surface area contributed by atoms with E-state index in [0.717, 1.165) is 16.9 Å². The zero-order valence-electron chi connectivity index (χ0n) is 14.7. The van der Waals surface area contributed by atoms with E-state index in [1.54, 1.807) is 18.2 Å². The summed E-state index contributed by atoms with van der Waals surface area (Å²) in [6.07, 6.45) is 0.124. The Morgan fingerprint density at radius 2 is 1.96 bits per heavy atom. The number of nitrogens with zero attached hydrogens (tertiary/aromatic N) is 3. The maximum Gasteiger partial charge on any atom is 0.257 e. The van der Waals surface area contributed by atoms with Crippen molar-refractivity contribution >= 4 is 28.5 Å². The molecular weight excluding hydrogens is 330 g/mol. The second-order valence-electron chi connectivity index (χ2n) is 6.24. The van der Waals surface area contributed by atoms with Gasteiger partial charge in [-0.2, -0.15) is 0 Å². The molecular formula is C20H19N3O3. The fraction of sp³-hybridized carbons (Fsp3) is 0.250. The van der Waals surface area contributed by atoms with Crippen molar-refractivity contribution in [1.82, 2.24) is 9.55 Å². The number of hydrogen-bond donors (Lipinski definition) is 0. The van der Waals surface area contributed by atoms with E-state index in [9.17, 15) is 9.59 Å². The van der Waals surface area contributed by atoms with Gasteiger partial charge in [0.1, 0.15) is 17.6 Å². The standard InChI is InChI=1S/C20H19N3O3/c1-3-26-15-8-6-7-14(11-15)23-19(24)12-18(20(23)25)22-13(2)21-16-9-4-5-10-17(16)22/h4-11,18H,3,12H2,1-2H3. The van der Waals surface area contributed by atoms with Crippen LogP contribution >= 0.6 is 0 Å². The maximum atomic E-state index is 13.1. The molecule has 4 rings (SSSR count). The van der Waals surface area contributed by atoms with Crippen LogP contribution in [-0.4, -0.2) is 28.0 Å². The molecule has 1 aromatic heterocycles. The summed E-state index contributed by atoms with van der Waals surface area (Å²) in [4.78, 5) is 31.5. The number of anilines is 1. The van der Waals surface area contributed by atoms with Crippen molar-refractivity contribution in [2.45, 2.75) is 26.3 Å². The van der Waals surface area contributed by atoms with Crippen LogP contribution in [0.3, 0.4) is 0 Å². The number of fused-ring (bicyclic) bond motifs is 1. The van der Waals surface area contributed by atoms with E-state index in [1.807, 2.05) is 48.7 Å². The van der Waals surface area contributed by atoms with Gasteiger partial charge in [-0.3, -0.25) is 9.59 Å². The van der Waals surface area contributed by atoms with Crippen LogP contribution in [0.4, 0.5) is 5.69 Å². The van der Waals surface area contributed by atoms with Crippen LogP contribution in [0.2, 0.25) is 0 Å². The summed E-state index contributed by atoms with van der Waals surface area (Å²) in [6, 6.07) is 14.1. The van der Waals surface area contributed by atoms with Crippen LogP contribution < -0.4 is 9.64 Å². The molecule has 1 unspecified atom stereocenters. The lowest BCUT2D eigenvalue weighted by Crippen LogP contribution is -2.31. The number of benzene rings is 2. The number of imidazole rings is 1. The van der Waals surface area contributed by atoms with E-state index in [0.29, 0.717) is 18.0 Å². The van der Waals surface area contributed by atoms with Gasteiger partial charge in [0.05, 0.1) is 29.7 Å². The predicted molar refractivity (Wildman–Crippen MR) is 98.2 cm³/mol. The Kier molecular flexibility index (Phi) is 3.95. The van der Waals surface area contributed by atoms with E-state index in [-0.39, 0.29) is 18.2 Å². The molecule has 1 aliphatic rings. The number of aromatic nitrogens is 2. The number of para-hydroxylation sites is 2. The van der Waals surface area contributed by atoms with E-state index < -0.39 is 6.04 Å². The topological polar surface area (TPSA) is 64.4 Å². The van der Waals surface area contributed by atoms with E-state index in [2.05, 4.69) is 4.98 Å². The van der Waals surface area contributed by atoms with Crippen LogP contribution in [0.1, 0.15) is 25.2 Å². The fourth-order valence-electron chi connectivity index (χ4n) is 3.53. The molecule has 26 heavy (non-hydrogen) atoms. The fourth-order valence-corrected chi connectivity index (χ4v) is 3.53. The molecule has 2 amide bonds. The third kappa shape index (κ3) is 2.54. The molecule has 1 atom stereocenters. The van der Waals surface area contributed by atoms with E-state index >= 15 is 0 Å². The monoisotopic (exact) mass is 349 g/mol. The van der Waals surface area contributed by atoms with Crippen LogP contribution in [0, 0.1) is 6.92 Å². The molecule has 2 aromatic carbocycles. The molecule has 0 saturated carbocycles. The number of rotatable bonds is 4. The molecule has 6 heteroatoms. The lowest BCUT2D eigenvalue weighted by atomic mass is 10.2. The number of imide groups is 1. The van der Waals surface area contributed by atoms with Gasteiger partial charge in [0.15, 0.2) is 0 Å². The summed E-state index contributed by atoms with van der Waals surface area (Å²) < 4.78 is 7.35. The first-order valence-corrected chi connectivity index (χ1v) is 8.63. The van der Waals surface area contributed by atoms with Crippen molar-refractivity contribution in [2.75, 3.05) is 11.5 Å². The van der Waals surface area contributed by atoms with Crippen molar-refractivity contribution in [2.24, 2.45) is 0 Å². The number of amides is 2. The first-order chi connectivity index (χ1) is 12.6. The SMILES string of the molecule is CCOc1cccc(N2C(=O)CC(n3c(C)nc4ccccc43)C2=O)c1. The molecule has 0 radical (unpaired) electrons. The van der Waals surface area contributed by atoms with E-state index in [4.69, 9.17) is 4.74 Å². The Bertz CT molecular complexity index is 1010. The number of ether oxygens (including phenoxy) is 1. The minimum Gasteiger partial charge on any atom is -0.494 e. The third-order valence-corrected chi connectivity index (χ3v) is 4.59. The van der Waals surface area contributed by atoms with Gasteiger partial charge in [0.25, 0.3) is 5.91 Å². The quantitative estimate of drug-likeness (QED) is 0.678. The highest BCUT2D eigenvalue weighted by Crippen LogP contribution is 2.34. The average Bonchev–Trinajstić information content (AvgIpc) is 3.10. The van der Waals surface area contributed by atoms with Gasteiger partial charge >= 0.3 is 0 Å². The van der Waals surface area contributed by atoms with Crippen molar-refractivity contribution in [3.05, 3.63) is 54.4 Å². The Morgan fingerprint density at radius 1 is 1.15 bits per heavy atom. The molecule has 0 bridgehead atoms. The second kappa shape index (κ2) is 6.29. The maximum absolute atomic E-state index is 13.1. The van der Waals surface area contributed by atoms with Gasteiger partial charge in [-0.1, -0.05) is 18.2 Å². The molecule has 0 N–H and O–H groups in total. The molecule has 6 nitrogen and oxygen atoms in total. The lowest BCUT2D eigenvalue weighted by molar-refractivity contribution is -0.122. The van der Waals surface area contributed by atoms with E-state index in [1.165, 1.54) is 4.90 Å². The number of carbonyl (C=O) groups is 2. The number of aryl methyl sites for hydroxylation is 1. The summed E-state index contributed by atoms with van der Waals surface area (Å²) in [6.45, 7) is 4.27. The van der Waals surface area contributed by atoms with Gasteiger partial charge in [-0.15, -0.1) is 0 Å². The zero-order valence-corrected chi connectivity index (χ0v) is 14.7. The van der Waals surface area contributed by atoms with Gasteiger partial charge in [0.2, 0.25) is 5.91 Å². The van der Waals surface area contributed by atoms with Crippen molar-refractivity contribution < 1.29 is 14.3 Å². The molecule has 0 aliphatic carbocycles. The summed E-state index contributed by atoms with van der Waals surface area (Å²) in [5.74, 6) is 0.904. The second-order valence-corrected chi connectivity index (χ2v) is 6.24. The minimum atomic E-state index is -0.578. The first kappa shape index (κ1) is 16.3. The van der Waals surface area contributed by atoms with Crippen LogP contribution in [-0.2, 0) is 9.59 Å². The normalized spacial score (nSPS) is 17.3. The predicted octanol–water partition coefficient (Wildman–Crippen LogP) is 3.25. The molecule has 2 heterocycles. The first-order valence-electron chi connectivity index (χ1n) is 8.63. The van der Waals surface area contributed by atoms with Crippen molar-refractivity contribution in [3.8, 4) is 5.75 Å². The zero-order chi connectivity index (χ0) is 18.3. The summed E-state index contributed by atoms with van der Waals surface area (Å²) >= 11 is 0. The highest BCUT2D eigenvalue weighted by Gasteiger charge is 2.41. The minimum absolute atomic E-state index is 0.124. The van der Waals surface area contributed by atoms with Gasteiger partial charge in [-0.25, -0.2) is 9.88 Å². The Balaban J connectivity index is 1.73. The van der Waals surface area contributed by atoms with Crippen LogP contribution in [0.5, 0.6) is 5.75 Å². The molecule has 0 spiro atoms. The smallest absolute Gasteiger partial charge is 0.257 e. The van der Waals surface area contributed by atoms with Crippen LogP contribution in [0.25, 0.3) is 11.0 Å². The van der Waals surface area contributed by atoms with Gasteiger partial charge < -0.3 is 9.30 Å². The van der Waals surface area contributed by atoms with Crippen molar-refractivity contribution in [3.63, 3.8) is 0 Å². The molecule has 1 fully saturated rings. The number of hydrogen-bond acceptors (Lipinski definition) is 4. The van der Waals surface area contributed by atoms with Crippen LogP contribution in [0.15, 0.2) is 48.5 Å². The lowest BCUT2D eigenvalue weighted by Gasteiger charge is -2.17. The molecule has 1 aliphatic heterocycles. The third-order valence-electron chi connectivity index (χ3n) is 4.59. The highest BCUT2D eigenvalue weighted by molar-refractivity contribution is 6.22. The molecule has 3 aromatic rings. The Hall–Kier alpha value is -3.15. The molecule has 132 valence electrons. The Morgan fingerprint density at radius 3 is 2.77 bits per heavy atom. The number of carbonyl (C=O) groups excluding carboxylic acids is 2. The van der Waals surface area contributed by atoms with Gasteiger partial charge in [-0.05, 0) is 38.1 Å². The van der Waals surface area contributed by atoms with Gasteiger partial charge in [0, 0.05) is 6.07 Å². The Labute approximate surface area is 151 Å². The average molecular weight is 349 g/mol.